The van der Waals surface area contributed by atoms with Gasteiger partial charge in [0.05, 0.1) is 10.9 Å². The van der Waals surface area contributed by atoms with Crippen molar-refractivity contribution >= 4 is 21.6 Å². The number of nitrogens with one attached hydrogen (secondary N) is 1. The van der Waals surface area contributed by atoms with E-state index in [4.69, 9.17) is 0 Å². The minimum Gasteiger partial charge on any atom is -0.337 e. The smallest absolute Gasteiger partial charge is 0.243 e. The Balaban J connectivity index is 1.63. The van der Waals surface area contributed by atoms with Gasteiger partial charge < -0.3 is 14.8 Å². The first kappa shape index (κ1) is 18.1. The molecule has 2 aliphatic heterocycles. The molecule has 1 N–H and O–H groups in total. The van der Waals surface area contributed by atoms with Crippen molar-refractivity contribution in [3.8, 4) is 0 Å². The maximum absolute atomic E-state index is 13.3. The SMILES string of the molecule is Cn1ccnc1C1CNCCN1S(=O)(=O)c1ccc(N2CCCC2=O)cc1. The van der Waals surface area contributed by atoms with Crippen LogP contribution in [-0.4, -0.2) is 54.4 Å². The predicted molar refractivity (Wildman–Crippen MR) is 101 cm³/mol. The van der Waals surface area contributed by atoms with Crippen molar-refractivity contribution in [2.75, 3.05) is 31.1 Å². The minimum atomic E-state index is -3.67. The topological polar surface area (TPSA) is 87.5 Å². The van der Waals surface area contributed by atoms with Crippen LogP contribution in [0.2, 0.25) is 0 Å². The number of aromatic nitrogens is 2. The molecule has 1 amide bonds. The molecule has 8 nitrogen and oxygen atoms in total. The second-order valence-electron chi connectivity index (χ2n) is 6.87. The average Bonchev–Trinajstić information content (AvgIpc) is 3.30. The maximum atomic E-state index is 13.3. The lowest BCUT2D eigenvalue weighted by atomic mass is 10.2. The van der Waals surface area contributed by atoms with E-state index in [0.717, 1.165) is 12.1 Å². The first-order valence-corrected chi connectivity index (χ1v) is 10.5. The van der Waals surface area contributed by atoms with Gasteiger partial charge in [0.15, 0.2) is 0 Å². The summed E-state index contributed by atoms with van der Waals surface area (Å²) in [7, 11) is -1.81. The fourth-order valence-corrected chi connectivity index (χ4v) is 5.33. The Labute approximate surface area is 158 Å². The van der Waals surface area contributed by atoms with Gasteiger partial charge in [-0.05, 0) is 30.7 Å². The molecule has 0 aliphatic carbocycles. The lowest BCUT2D eigenvalue weighted by molar-refractivity contribution is -0.117. The summed E-state index contributed by atoms with van der Waals surface area (Å²) in [6, 6.07) is 6.26. The molecule has 0 bridgehead atoms. The summed E-state index contributed by atoms with van der Waals surface area (Å²) in [5.74, 6) is 0.799. The largest absolute Gasteiger partial charge is 0.337 e. The minimum absolute atomic E-state index is 0.0857. The van der Waals surface area contributed by atoms with E-state index in [9.17, 15) is 13.2 Å². The van der Waals surface area contributed by atoms with Gasteiger partial charge in [-0.25, -0.2) is 13.4 Å². The van der Waals surface area contributed by atoms with Gasteiger partial charge in [0.25, 0.3) is 0 Å². The number of rotatable bonds is 4. The molecule has 144 valence electrons. The highest BCUT2D eigenvalue weighted by Crippen LogP contribution is 2.29. The van der Waals surface area contributed by atoms with Crippen LogP contribution in [0, 0.1) is 0 Å². The quantitative estimate of drug-likeness (QED) is 0.839. The first-order valence-electron chi connectivity index (χ1n) is 9.09. The summed E-state index contributed by atoms with van der Waals surface area (Å²) in [6.07, 6.45) is 4.88. The van der Waals surface area contributed by atoms with E-state index in [1.807, 2.05) is 17.8 Å². The van der Waals surface area contributed by atoms with Gasteiger partial charge in [-0.2, -0.15) is 4.31 Å². The zero-order valence-electron chi connectivity index (χ0n) is 15.2. The van der Waals surface area contributed by atoms with Crippen molar-refractivity contribution in [3.05, 3.63) is 42.5 Å². The van der Waals surface area contributed by atoms with Gasteiger partial charge >= 0.3 is 0 Å². The molecule has 2 aliphatic rings. The van der Waals surface area contributed by atoms with Crippen molar-refractivity contribution in [1.29, 1.82) is 0 Å². The highest BCUT2D eigenvalue weighted by Gasteiger charge is 2.36. The summed E-state index contributed by atoms with van der Waals surface area (Å²) in [5.41, 5.74) is 0.748. The summed E-state index contributed by atoms with van der Waals surface area (Å²) in [6.45, 7) is 2.18. The van der Waals surface area contributed by atoms with Crippen LogP contribution in [0.5, 0.6) is 0 Å². The third-order valence-corrected chi connectivity index (χ3v) is 7.10. The van der Waals surface area contributed by atoms with Crippen LogP contribution in [0.15, 0.2) is 41.6 Å². The molecule has 1 atom stereocenters. The molecule has 1 unspecified atom stereocenters. The van der Waals surface area contributed by atoms with Crippen LogP contribution >= 0.6 is 0 Å². The van der Waals surface area contributed by atoms with E-state index in [2.05, 4.69) is 10.3 Å². The Kier molecular flexibility index (Phi) is 4.75. The van der Waals surface area contributed by atoms with Crippen molar-refractivity contribution in [2.24, 2.45) is 7.05 Å². The normalized spacial score (nSPS) is 21.7. The van der Waals surface area contributed by atoms with Gasteiger partial charge in [-0.3, -0.25) is 4.79 Å². The van der Waals surface area contributed by atoms with Crippen molar-refractivity contribution in [1.82, 2.24) is 19.2 Å². The third-order valence-electron chi connectivity index (χ3n) is 5.18. The van der Waals surface area contributed by atoms with Crippen LogP contribution in [0.1, 0.15) is 24.7 Å². The average molecular weight is 389 g/mol. The number of carbonyl (C=O) groups excluding carboxylic acids is 1. The molecule has 27 heavy (non-hydrogen) atoms. The molecule has 2 saturated heterocycles. The Morgan fingerprint density at radius 3 is 2.59 bits per heavy atom. The fourth-order valence-electron chi connectivity index (χ4n) is 3.75. The molecule has 3 heterocycles. The number of imidazole rings is 1. The summed E-state index contributed by atoms with van der Waals surface area (Å²) >= 11 is 0. The van der Waals surface area contributed by atoms with Crippen LogP contribution in [-0.2, 0) is 21.9 Å². The molecule has 1 aromatic heterocycles. The highest BCUT2D eigenvalue weighted by molar-refractivity contribution is 7.89. The van der Waals surface area contributed by atoms with Crippen LogP contribution in [0.4, 0.5) is 5.69 Å². The van der Waals surface area contributed by atoms with E-state index < -0.39 is 10.0 Å². The van der Waals surface area contributed by atoms with E-state index >= 15 is 0 Å². The molecular formula is C18H23N5O3S. The van der Waals surface area contributed by atoms with Crippen molar-refractivity contribution in [3.63, 3.8) is 0 Å². The molecule has 0 saturated carbocycles. The molecule has 2 fully saturated rings. The standard InChI is InChI=1S/C18H23N5O3S/c1-21-11-9-20-18(21)16-13-19-8-12-23(16)27(25,26)15-6-4-14(5-7-15)22-10-2-3-17(22)24/h4-7,9,11,16,19H,2-3,8,10,12-13H2,1H3. The molecule has 1 aromatic carbocycles. The summed E-state index contributed by atoms with van der Waals surface area (Å²) < 4.78 is 29.9. The van der Waals surface area contributed by atoms with E-state index in [-0.39, 0.29) is 16.8 Å². The number of sulfonamides is 1. The number of hydrogen-bond acceptors (Lipinski definition) is 5. The number of aryl methyl sites for hydroxylation is 1. The Hall–Kier alpha value is -2.23. The number of piperazine rings is 1. The number of amides is 1. The first-order chi connectivity index (χ1) is 13.0. The van der Waals surface area contributed by atoms with Gasteiger partial charge in [0.2, 0.25) is 15.9 Å². The highest BCUT2D eigenvalue weighted by atomic mass is 32.2. The lowest BCUT2D eigenvalue weighted by Gasteiger charge is -2.34. The molecule has 4 rings (SSSR count). The number of benzene rings is 1. The Bertz CT molecular complexity index is 938. The monoisotopic (exact) mass is 389 g/mol. The molecular weight excluding hydrogens is 366 g/mol. The molecule has 9 heteroatoms. The van der Waals surface area contributed by atoms with E-state index in [1.54, 1.807) is 35.4 Å². The van der Waals surface area contributed by atoms with E-state index in [0.29, 0.717) is 38.4 Å². The Morgan fingerprint density at radius 2 is 1.96 bits per heavy atom. The van der Waals surface area contributed by atoms with Crippen molar-refractivity contribution in [2.45, 2.75) is 23.8 Å². The number of hydrogen-bond donors (Lipinski definition) is 1. The Morgan fingerprint density at radius 1 is 1.19 bits per heavy atom. The fraction of sp³-hybridized carbons (Fsp3) is 0.444. The second kappa shape index (κ2) is 7.06. The van der Waals surface area contributed by atoms with Gasteiger partial charge in [-0.1, -0.05) is 0 Å². The zero-order chi connectivity index (χ0) is 19.0. The van der Waals surface area contributed by atoms with Crippen LogP contribution in [0.25, 0.3) is 0 Å². The molecule has 0 spiro atoms. The lowest BCUT2D eigenvalue weighted by Crippen LogP contribution is -2.49. The predicted octanol–water partition coefficient (Wildman–Crippen LogP) is 0.882. The second-order valence-corrected chi connectivity index (χ2v) is 8.77. The van der Waals surface area contributed by atoms with E-state index in [1.165, 1.54) is 4.31 Å². The maximum Gasteiger partial charge on any atom is 0.243 e. The van der Waals surface area contributed by atoms with Crippen LogP contribution < -0.4 is 10.2 Å². The van der Waals surface area contributed by atoms with Gasteiger partial charge in [0.1, 0.15) is 5.82 Å². The van der Waals surface area contributed by atoms with Gasteiger partial charge in [-0.15, -0.1) is 0 Å². The third kappa shape index (κ3) is 3.26. The summed E-state index contributed by atoms with van der Waals surface area (Å²) in [5, 5.41) is 3.25. The molecule has 2 aromatic rings. The number of carbonyl (C=O) groups is 1. The zero-order valence-corrected chi connectivity index (χ0v) is 16.0. The number of nitrogens with zero attached hydrogens (tertiary/aromatic N) is 4. The van der Waals surface area contributed by atoms with Gasteiger partial charge in [0, 0.05) is 57.7 Å². The molecule has 0 radical (unpaired) electrons. The number of anilines is 1. The summed E-state index contributed by atoms with van der Waals surface area (Å²) in [4.78, 5) is 18.2. The van der Waals surface area contributed by atoms with Crippen molar-refractivity contribution < 1.29 is 13.2 Å². The van der Waals surface area contributed by atoms with Crippen LogP contribution in [0.3, 0.4) is 0 Å².